The first kappa shape index (κ1) is 18.1. The van der Waals surface area contributed by atoms with Crippen LogP contribution in [0.3, 0.4) is 0 Å². The molecule has 0 saturated carbocycles. The number of methoxy groups -OCH3 is 1. The lowest BCUT2D eigenvalue weighted by Crippen LogP contribution is -2.31. The number of rotatable bonds is 7. The lowest BCUT2D eigenvalue weighted by atomic mass is 10.2. The van der Waals surface area contributed by atoms with E-state index in [4.69, 9.17) is 4.74 Å². The van der Waals surface area contributed by atoms with Crippen LogP contribution in [-0.4, -0.2) is 18.8 Å². The van der Waals surface area contributed by atoms with E-state index >= 15 is 0 Å². The molecule has 3 nitrogen and oxygen atoms in total. The molecule has 4 heteroatoms. The smallest absolute Gasteiger partial charge is 0.237 e. The second kappa shape index (κ2) is 9.11. The molecule has 0 heterocycles. The minimum Gasteiger partial charge on any atom is -0.497 e. The van der Waals surface area contributed by atoms with Crippen LogP contribution in [0.15, 0.2) is 89.8 Å². The standard InChI is InChI=1S/C22H21NO2S/c1-25-20-12-14-21(15-13-20)26-17-22(24)23(19-10-6-3-7-11-19)16-18-8-4-2-5-9-18/h2-15H,16-17H2,1H3. The van der Waals surface area contributed by atoms with Crippen molar-refractivity contribution < 1.29 is 9.53 Å². The highest BCUT2D eigenvalue weighted by molar-refractivity contribution is 8.00. The molecule has 0 aliphatic heterocycles. The van der Waals surface area contributed by atoms with Gasteiger partial charge in [0.15, 0.2) is 0 Å². The van der Waals surface area contributed by atoms with Crippen LogP contribution in [0.25, 0.3) is 0 Å². The molecule has 0 unspecified atom stereocenters. The first-order valence-corrected chi connectivity index (χ1v) is 9.41. The van der Waals surface area contributed by atoms with Crippen LogP contribution in [0.2, 0.25) is 0 Å². The Labute approximate surface area is 158 Å². The van der Waals surface area contributed by atoms with Gasteiger partial charge in [-0.3, -0.25) is 4.79 Å². The van der Waals surface area contributed by atoms with Gasteiger partial charge in [0.2, 0.25) is 5.91 Å². The number of ether oxygens (including phenoxy) is 1. The van der Waals surface area contributed by atoms with Crippen LogP contribution in [0, 0.1) is 0 Å². The van der Waals surface area contributed by atoms with Crippen molar-refractivity contribution in [2.24, 2.45) is 0 Å². The van der Waals surface area contributed by atoms with Crippen LogP contribution in [0.5, 0.6) is 5.75 Å². The summed E-state index contributed by atoms with van der Waals surface area (Å²) in [5, 5.41) is 0. The maximum Gasteiger partial charge on any atom is 0.237 e. The molecule has 26 heavy (non-hydrogen) atoms. The zero-order valence-corrected chi connectivity index (χ0v) is 15.5. The van der Waals surface area contributed by atoms with Crippen molar-refractivity contribution in [3.8, 4) is 5.75 Å². The number of benzene rings is 3. The van der Waals surface area contributed by atoms with E-state index in [1.807, 2.05) is 89.8 Å². The third kappa shape index (κ3) is 4.90. The fourth-order valence-electron chi connectivity index (χ4n) is 2.59. The summed E-state index contributed by atoms with van der Waals surface area (Å²) in [6, 6.07) is 27.6. The predicted octanol–water partition coefficient (Wildman–Crippen LogP) is 5.02. The van der Waals surface area contributed by atoms with Gasteiger partial charge in [-0.1, -0.05) is 48.5 Å². The Hall–Kier alpha value is -2.72. The number of carbonyl (C=O) groups excluding carboxylic acids is 1. The van der Waals surface area contributed by atoms with Crippen LogP contribution >= 0.6 is 11.8 Å². The summed E-state index contributed by atoms with van der Waals surface area (Å²) in [7, 11) is 1.65. The Morgan fingerprint density at radius 3 is 2.12 bits per heavy atom. The molecule has 0 N–H and O–H groups in total. The summed E-state index contributed by atoms with van der Waals surface area (Å²) in [6.07, 6.45) is 0. The van der Waals surface area contributed by atoms with Crippen molar-refractivity contribution in [3.05, 3.63) is 90.5 Å². The molecule has 1 amide bonds. The highest BCUT2D eigenvalue weighted by Gasteiger charge is 2.16. The second-order valence-electron chi connectivity index (χ2n) is 5.77. The van der Waals surface area contributed by atoms with E-state index in [2.05, 4.69) is 0 Å². The molecule has 3 rings (SSSR count). The lowest BCUT2D eigenvalue weighted by Gasteiger charge is -2.23. The van der Waals surface area contributed by atoms with Gasteiger partial charge in [-0.05, 0) is 42.0 Å². The molecule has 3 aromatic carbocycles. The van der Waals surface area contributed by atoms with Crippen molar-refractivity contribution in [2.75, 3.05) is 17.8 Å². The minimum atomic E-state index is 0.0841. The number of hydrogen-bond donors (Lipinski definition) is 0. The molecule has 0 aromatic heterocycles. The summed E-state index contributed by atoms with van der Waals surface area (Å²) in [5.74, 6) is 1.28. The van der Waals surface area contributed by atoms with Gasteiger partial charge in [0, 0.05) is 10.6 Å². The highest BCUT2D eigenvalue weighted by Crippen LogP contribution is 2.24. The number of nitrogens with zero attached hydrogens (tertiary/aromatic N) is 1. The van der Waals surface area contributed by atoms with E-state index in [-0.39, 0.29) is 5.91 Å². The lowest BCUT2D eigenvalue weighted by molar-refractivity contribution is -0.116. The molecule has 3 aromatic rings. The number of hydrogen-bond acceptors (Lipinski definition) is 3. The van der Waals surface area contributed by atoms with Gasteiger partial charge in [0.1, 0.15) is 5.75 Å². The number of carbonyl (C=O) groups is 1. The van der Waals surface area contributed by atoms with E-state index in [0.717, 1.165) is 21.9 Å². The summed E-state index contributed by atoms with van der Waals surface area (Å²) in [4.78, 5) is 15.8. The Balaban J connectivity index is 1.71. The molecule has 0 bridgehead atoms. The van der Waals surface area contributed by atoms with Crippen molar-refractivity contribution in [1.29, 1.82) is 0 Å². The van der Waals surface area contributed by atoms with Crippen LogP contribution in [-0.2, 0) is 11.3 Å². The molecule has 0 spiro atoms. The zero-order valence-electron chi connectivity index (χ0n) is 14.7. The third-order valence-electron chi connectivity index (χ3n) is 3.97. The molecular weight excluding hydrogens is 342 g/mol. The topological polar surface area (TPSA) is 29.5 Å². The monoisotopic (exact) mass is 363 g/mol. The van der Waals surface area contributed by atoms with Gasteiger partial charge in [-0.2, -0.15) is 0 Å². The zero-order chi connectivity index (χ0) is 18.2. The second-order valence-corrected chi connectivity index (χ2v) is 6.81. The first-order chi connectivity index (χ1) is 12.8. The van der Waals surface area contributed by atoms with E-state index in [1.54, 1.807) is 7.11 Å². The summed E-state index contributed by atoms with van der Waals surface area (Å²) >= 11 is 1.53. The average molecular weight is 363 g/mol. The van der Waals surface area contributed by atoms with Gasteiger partial charge in [0.05, 0.1) is 19.4 Å². The molecule has 0 fully saturated rings. The number of thioether (sulfide) groups is 1. The summed E-state index contributed by atoms with van der Waals surface area (Å²) < 4.78 is 5.17. The highest BCUT2D eigenvalue weighted by atomic mass is 32.2. The maximum absolute atomic E-state index is 12.9. The van der Waals surface area contributed by atoms with Gasteiger partial charge in [-0.25, -0.2) is 0 Å². The minimum absolute atomic E-state index is 0.0841. The normalized spacial score (nSPS) is 10.3. The maximum atomic E-state index is 12.9. The molecule has 0 aliphatic carbocycles. The summed E-state index contributed by atoms with van der Waals surface area (Å²) in [6.45, 7) is 0.562. The SMILES string of the molecule is COc1ccc(SCC(=O)N(Cc2ccccc2)c2ccccc2)cc1. The van der Waals surface area contributed by atoms with E-state index < -0.39 is 0 Å². The van der Waals surface area contributed by atoms with E-state index in [1.165, 1.54) is 11.8 Å². The summed E-state index contributed by atoms with van der Waals surface area (Å²) in [5.41, 5.74) is 2.02. The molecule has 0 aliphatic rings. The quantitative estimate of drug-likeness (QED) is 0.552. The van der Waals surface area contributed by atoms with E-state index in [9.17, 15) is 4.79 Å². The molecule has 132 valence electrons. The van der Waals surface area contributed by atoms with Crippen LogP contribution in [0.1, 0.15) is 5.56 Å². The van der Waals surface area contributed by atoms with Crippen LogP contribution in [0.4, 0.5) is 5.69 Å². The molecule has 0 saturated heterocycles. The van der Waals surface area contributed by atoms with Gasteiger partial charge >= 0.3 is 0 Å². The number of anilines is 1. The Bertz CT molecular complexity index is 820. The fraction of sp³-hybridized carbons (Fsp3) is 0.136. The van der Waals surface area contributed by atoms with Crippen molar-refractivity contribution in [2.45, 2.75) is 11.4 Å². The van der Waals surface area contributed by atoms with Crippen LogP contribution < -0.4 is 9.64 Å². The number of amides is 1. The Morgan fingerprint density at radius 1 is 0.885 bits per heavy atom. The Morgan fingerprint density at radius 2 is 1.50 bits per heavy atom. The fourth-order valence-corrected chi connectivity index (χ4v) is 3.37. The van der Waals surface area contributed by atoms with Crippen molar-refractivity contribution >= 4 is 23.4 Å². The third-order valence-corrected chi connectivity index (χ3v) is 4.97. The number of para-hydroxylation sites is 1. The van der Waals surface area contributed by atoms with Gasteiger partial charge < -0.3 is 9.64 Å². The van der Waals surface area contributed by atoms with Crippen molar-refractivity contribution in [3.63, 3.8) is 0 Å². The molecular formula is C22H21NO2S. The molecule has 0 atom stereocenters. The first-order valence-electron chi connectivity index (χ1n) is 8.42. The average Bonchev–Trinajstić information content (AvgIpc) is 2.72. The predicted molar refractivity (Wildman–Crippen MR) is 108 cm³/mol. The largest absolute Gasteiger partial charge is 0.497 e. The Kier molecular flexibility index (Phi) is 6.34. The van der Waals surface area contributed by atoms with Gasteiger partial charge in [0.25, 0.3) is 0 Å². The molecule has 0 radical (unpaired) electrons. The van der Waals surface area contributed by atoms with Gasteiger partial charge in [-0.15, -0.1) is 11.8 Å². The van der Waals surface area contributed by atoms with E-state index in [0.29, 0.717) is 12.3 Å². The van der Waals surface area contributed by atoms with Crippen molar-refractivity contribution in [1.82, 2.24) is 0 Å².